The summed E-state index contributed by atoms with van der Waals surface area (Å²) in [6.45, 7) is 3.68. The van der Waals surface area contributed by atoms with Crippen LogP contribution in [0.5, 0.6) is 0 Å². The average Bonchev–Trinajstić information content (AvgIpc) is 2.58. The number of amides is 2. The second-order valence-corrected chi connectivity index (χ2v) is 7.11. The minimum absolute atomic E-state index is 0.00343. The number of likely N-dealkylation sites (tertiary alicyclic amines) is 1. The number of urea groups is 1. The number of rotatable bonds is 6. The van der Waals surface area contributed by atoms with Crippen molar-refractivity contribution in [3.05, 3.63) is 34.9 Å². The van der Waals surface area contributed by atoms with Crippen molar-refractivity contribution in [2.45, 2.75) is 19.3 Å². The molecule has 7 heteroatoms. The molecule has 3 unspecified atom stereocenters. The molecular weight excluding hydrogens is 344 g/mol. The highest BCUT2D eigenvalue weighted by atomic mass is 35.5. The molecule has 1 fully saturated rings. The zero-order chi connectivity index (χ0) is 18.4. The normalized spacial score (nSPS) is 21.6. The molecule has 2 rings (SSSR count). The molecule has 3 atom stereocenters. The molecule has 0 aliphatic carbocycles. The van der Waals surface area contributed by atoms with E-state index in [0.717, 1.165) is 5.56 Å². The number of carboxylic acids is 1. The molecule has 1 aliphatic rings. The molecule has 2 amide bonds. The van der Waals surface area contributed by atoms with Crippen molar-refractivity contribution in [2.24, 2.45) is 11.8 Å². The maximum Gasteiger partial charge on any atom is 0.317 e. The van der Waals surface area contributed by atoms with Gasteiger partial charge in [0.1, 0.15) is 0 Å². The summed E-state index contributed by atoms with van der Waals surface area (Å²) in [5.74, 6) is -1.17. The molecule has 1 aromatic carbocycles. The maximum atomic E-state index is 12.5. The summed E-state index contributed by atoms with van der Waals surface area (Å²) in [5, 5.41) is 12.8. The highest BCUT2D eigenvalue weighted by molar-refractivity contribution is 6.30. The van der Waals surface area contributed by atoms with E-state index in [1.165, 1.54) is 0 Å². The van der Waals surface area contributed by atoms with Crippen molar-refractivity contribution >= 4 is 23.6 Å². The summed E-state index contributed by atoms with van der Waals surface area (Å²) in [7, 11) is 1.62. The first kappa shape index (κ1) is 19.5. The summed E-state index contributed by atoms with van der Waals surface area (Å²) in [6.07, 6.45) is 0.607. The average molecular weight is 369 g/mol. The summed E-state index contributed by atoms with van der Waals surface area (Å²) < 4.78 is 5.26. The zero-order valence-electron chi connectivity index (χ0n) is 14.6. The lowest BCUT2D eigenvalue weighted by Crippen LogP contribution is -2.50. The van der Waals surface area contributed by atoms with E-state index in [0.29, 0.717) is 31.1 Å². The van der Waals surface area contributed by atoms with E-state index in [9.17, 15) is 14.7 Å². The number of nitrogens with zero attached hydrogens (tertiary/aromatic N) is 1. The minimum Gasteiger partial charge on any atom is -0.481 e. The first-order chi connectivity index (χ1) is 11.9. The fourth-order valence-corrected chi connectivity index (χ4v) is 3.35. The van der Waals surface area contributed by atoms with Gasteiger partial charge in [-0.1, -0.05) is 30.7 Å². The molecule has 0 aromatic heterocycles. The van der Waals surface area contributed by atoms with E-state index in [1.807, 2.05) is 31.2 Å². The van der Waals surface area contributed by atoms with Gasteiger partial charge in [0.25, 0.3) is 0 Å². The lowest BCUT2D eigenvalue weighted by molar-refractivity contribution is -0.143. The Kier molecular flexibility index (Phi) is 7.08. The van der Waals surface area contributed by atoms with Crippen LogP contribution in [0.1, 0.15) is 24.8 Å². The van der Waals surface area contributed by atoms with Crippen molar-refractivity contribution in [1.82, 2.24) is 10.2 Å². The van der Waals surface area contributed by atoms with Gasteiger partial charge >= 0.3 is 12.0 Å². The second-order valence-electron chi connectivity index (χ2n) is 6.67. The topological polar surface area (TPSA) is 78.9 Å². The number of ether oxygens (including phenoxy) is 1. The van der Waals surface area contributed by atoms with Gasteiger partial charge in [-0.15, -0.1) is 0 Å². The molecule has 0 bridgehead atoms. The molecule has 1 aliphatic heterocycles. The summed E-state index contributed by atoms with van der Waals surface area (Å²) >= 11 is 5.92. The molecule has 138 valence electrons. The van der Waals surface area contributed by atoms with E-state index < -0.39 is 11.9 Å². The molecule has 6 nitrogen and oxygen atoms in total. The van der Waals surface area contributed by atoms with Crippen LogP contribution in [0.15, 0.2) is 24.3 Å². The van der Waals surface area contributed by atoms with Gasteiger partial charge < -0.3 is 20.1 Å². The van der Waals surface area contributed by atoms with Gasteiger partial charge in [0.05, 0.1) is 12.5 Å². The van der Waals surface area contributed by atoms with Crippen LogP contribution in [0.3, 0.4) is 0 Å². The Morgan fingerprint density at radius 3 is 2.64 bits per heavy atom. The van der Waals surface area contributed by atoms with Gasteiger partial charge in [-0.2, -0.15) is 0 Å². The number of halogens is 1. The first-order valence-electron chi connectivity index (χ1n) is 8.40. The molecule has 1 aromatic rings. The van der Waals surface area contributed by atoms with Gasteiger partial charge in [0, 0.05) is 37.7 Å². The molecule has 1 saturated heterocycles. The number of hydrogen-bond donors (Lipinski definition) is 2. The SMILES string of the molecule is COCC(CNC(=O)N1CC(C)CC(C(=O)O)C1)c1ccc(Cl)cc1. The second kappa shape index (κ2) is 9.06. The van der Waals surface area contributed by atoms with Crippen LogP contribution in [0, 0.1) is 11.8 Å². The zero-order valence-corrected chi connectivity index (χ0v) is 15.3. The minimum atomic E-state index is -0.845. The van der Waals surface area contributed by atoms with Crippen molar-refractivity contribution in [3.63, 3.8) is 0 Å². The van der Waals surface area contributed by atoms with Crippen molar-refractivity contribution in [1.29, 1.82) is 0 Å². The Morgan fingerprint density at radius 1 is 1.36 bits per heavy atom. The number of piperidine rings is 1. The van der Waals surface area contributed by atoms with Crippen molar-refractivity contribution in [3.8, 4) is 0 Å². The predicted octanol–water partition coefficient (Wildman–Crippen LogP) is 2.82. The third-order valence-electron chi connectivity index (χ3n) is 4.51. The van der Waals surface area contributed by atoms with Crippen LogP contribution in [0.2, 0.25) is 5.02 Å². The van der Waals surface area contributed by atoms with Crippen LogP contribution in [0.4, 0.5) is 4.79 Å². The lowest BCUT2D eigenvalue weighted by atomic mass is 9.91. The van der Waals surface area contributed by atoms with Crippen LogP contribution in [0.25, 0.3) is 0 Å². The van der Waals surface area contributed by atoms with Crippen LogP contribution >= 0.6 is 11.6 Å². The lowest BCUT2D eigenvalue weighted by Gasteiger charge is -2.35. The number of aliphatic carboxylic acids is 1. The summed E-state index contributed by atoms with van der Waals surface area (Å²) in [4.78, 5) is 25.3. The molecular formula is C18H25ClN2O4. The fourth-order valence-electron chi connectivity index (χ4n) is 3.23. The Morgan fingerprint density at radius 2 is 2.04 bits per heavy atom. The number of benzene rings is 1. The van der Waals surface area contributed by atoms with Crippen molar-refractivity contribution < 1.29 is 19.4 Å². The van der Waals surface area contributed by atoms with Crippen LogP contribution < -0.4 is 5.32 Å². The van der Waals surface area contributed by atoms with Gasteiger partial charge in [-0.3, -0.25) is 4.79 Å². The first-order valence-corrected chi connectivity index (χ1v) is 8.78. The van der Waals surface area contributed by atoms with E-state index >= 15 is 0 Å². The highest BCUT2D eigenvalue weighted by Crippen LogP contribution is 2.22. The summed E-state index contributed by atoms with van der Waals surface area (Å²) in [6, 6.07) is 7.23. The van der Waals surface area contributed by atoms with Crippen LogP contribution in [-0.2, 0) is 9.53 Å². The van der Waals surface area contributed by atoms with Gasteiger partial charge in [-0.05, 0) is 30.0 Å². The van der Waals surface area contributed by atoms with Gasteiger partial charge in [0.2, 0.25) is 0 Å². The van der Waals surface area contributed by atoms with E-state index in [1.54, 1.807) is 12.0 Å². The third kappa shape index (κ3) is 5.61. The smallest absolute Gasteiger partial charge is 0.317 e. The molecule has 1 heterocycles. The quantitative estimate of drug-likeness (QED) is 0.809. The molecule has 0 radical (unpaired) electrons. The van der Waals surface area contributed by atoms with Crippen LogP contribution in [-0.4, -0.2) is 55.4 Å². The maximum absolute atomic E-state index is 12.5. The molecule has 25 heavy (non-hydrogen) atoms. The number of nitrogens with one attached hydrogen (secondary N) is 1. The number of carbonyl (C=O) groups is 2. The van der Waals surface area contributed by atoms with E-state index in [4.69, 9.17) is 16.3 Å². The van der Waals surface area contributed by atoms with E-state index in [2.05, 4.69) is 5.32 Å². The largest absolute Gasteiger partial charge is 0.481 e. The number of carbonyl (C=O) groups excluding carboxylic acids is 1. The fraction of sp³-hybridized carbons (Fsp3) is 0.556. The van der Waals surface area contributed by atoms with Crippen molar-refractivity contribution in [2.75, 3.05) is 33.4 Å². The highest BCUT2D eigenvalue weighted by Gasteiger charge is 2.32. The Hall–Kier alpha value is -1.79. The van der Waals surface area contributed by atoms with Gasteiger partial charge in [-0.25, -0.2) is 4.79 Å². The monoisotopic (exact) mass is 368 g/mol. The standard InChI is InChI=1S/C18H25ClN2O4/c1-12-7-14(17(22)23)10-21(9-12)18(24)20-8-15(11-25-2)13-3-5-16(19)6-4-13/h3-6,12,14-15H,7-11H2,1-2H3,(H,20,24)(H,22,23). The summed E-state index contributed by atoms with van der Waals surface area (Å²) in [5.41, 5.74) is 1.03. The van der Waals surface area contributed by atoms with E-state index in [-0.39, 0.29) is 24.4 Å². The number of hydrogen-bond acceptors (Lipinski definition) is 3. The Bertz CT molecular complexity index is 593. The Labute approximate surface area is 153 Å². The third-order valence-corrected chi connectivity index (χ3v) is 4.76. The van der Waals surface area contributed by atoms with Gasteiger partial charge in [0.15, 0.2) is 0 Å². The number of methoxy groups -OCH3 is 1. The predicted molar refractivity (Wildman–Crippen MR) is 95.9 cm³/mol. The Balaban J connectivity index is 1.96. The molecule has 2 N–H and O–H groups in total. The molecule has 0 saturated carbocycles. The number of carboxylic acid groups (broad SMARTS) is 1. The molecule has 0 spiro atoms.